The lowest BCUT2D eigenvalue weighted by Crippen LogP contribution is -2.40. The van der Waals surface area contributed by atoms with Crippen molar-refractivity contribution in [3.63, 3.8) is 0 Å². The zero-order valence-corrected chi connectivity index (χ0v) is 12.5. The summed E-state index contributed by atoms with van der Waals surface area (Å²) in [5, 5.41) is 0. The van der Waals surface area contributed by atoms with E-state index in [0.29, 0.717) is 6.61 Å². The van der Waals surface area contributed by atoms with Crippen LogP contribution in [0.1, 0.15) is 34.6 Å². The Balaban J connectivity index is 1.84. The molecule has 0 saturated heterocycles. The number of hydrogen-bond acceptors (Lipinski definition) is 2. The highest BCUT2D eigenvalue weighted by Gasteiger charge is 2.28. The van der Waals surface area contributed by atoms with E-state index in [9.17, 15) is 4.79 Å². The first-order valence-corrected chi connectivity index (χ1v) is 7.24. The summed E-state index contributed by atoms with van der Waals surface area (Å²) < 4.78 is 7.36. The summed E-state index contributed by atoms with van der Waals surface area (Å²) in [6.45, 7) is 4.22. The summed E-state index contributed by atoms with van der Waals surface area (Å²) >= 11 is 0. The minimum absolute atomic E-state index is 0.0907. The van der Waals surface area contributed by atoms with Crippen molar-refractivity contribution in [2.45, 2.75) is 26.1 Å². The predicted molar refractivity (Wildman–Crippen MR) is 81.0 cm³/mol. The first kappa shape index (κ1) is 13.9. The molecule has 3 rings (SSSR count). The third-order valence-corrected chi connectivity index (χ3v) is 4.09. The van der Waals surface area contributed by atoms with Crippen molar-refractivity contribution in [2.75, 3.05) is 13.7 Å². The zero-order valence-electron chi connectivity index (χ0n) is 12.5. The minimum atomic E-state index is 0.0907. The summed E-state index contributed by atoms with van der Waals surface area (Å²) in [4.78, 5) is 14.7. The van der Waals surface area contributed by atoms with Gasteiger partial charge in [0.05, 0.1) is 12.6 Å². The molecular formula is C17H20N2O2. The van der Waals surface area contributed by atoms with Crippen LogP contribution in [0.5, 0.6) is 0 Å². The van der Waals surface area contributed by atoms with Gasteiger partial charge in [0.2, 0.25) is 0 Å². The number of carbonyl (C=O) groups excluding carboxylic acids is 1. The molecule has 4 heteroatoms. The first-order chi connectivity index (χ1) is 10.2. The lowest BCUT2D eigenvalue weighted by molar-refractivity contribution is 0.0643. The van der Waals surface area contributed by atoms with E-state index in [-0.39, 0.29) is 11.9 Å². The standard InChI is InChI=1S/C17H20N2O2/c1-13-16-7-4-8-18(16)9-10-19(13)17(20)15-6-3-5-14(11-15)12-21-2/h3-8,11,13H,9-10,12H2,1-2H3. The van der Waals surface area contributed by atoms with Crippen LogP contribution in [0, 0.1) is 0 Å². The number of fused-ring (bicyclic) bond motifs is 1. The van der Waals surface area contributed by atoms with Crippen molar-refractivity contribution < 1.29 is 9.53 Å². The lowest BCUT2D eigenvalue weighted by Gasteiger charge is -2.35. The van der Waals surface area contributed by atoms with E-state index in [0.717, 1.165) is 24.2 Å². The Morgan fingerprint density at radius 3 is 2.95 bits per heavy atom. The fraction of sp³-hybridized carbons (Fsp3) is 0.353. The van der Waals surface area contributed by atoms with Crippen LogP contribution in [0.2, 0.25) is 0 Å². The number of hydrogen-bond donors (Lipinski definition) is 0. The fourth-order valence-corrected chi connectivity index (χ4v) is 2.98. The van der Waals surface area contributed by atoms with Gasteiger partial charge in [0, 0.05) is 37.7 Å². The lowest BCUT2D eigenvalue weighted by atomic mass is 10.1. The number of aromatic nitrogens is 1. The normalized spacial score (nSPS) is 17.6. The van der Waals surface area contributed by atoms with Crippen LogP contribution >= 0.6 is 0 Å². The molecule has 0 bridgehead atoms. The SMILES string of the molecule is COCc1cccc(C(=O)N2CCn3cccc3C2C)c1. The van der Waals surface area contributed by atoms with Gasteiger partial charge in [-0.1, -0.05) is 12.1 Å². The Hall–Kier alpha value is -2.07. The van der Waals surface area contributed by atoms with Gasteiger partial charge in [-0.25, -0.2) is 0 Å². The van der Waals surface area contributed by atoms with E-state index in [1.54, 1.807) is 7.11 Å². The molecule has 2 heterocycles. The Labute approximate surface area is 124 Å². The summed E-state index contributed by atoms with van der Waals surface area (Å²) in [6, 6.07) is 11.9. The Bertz CT molecular complexity index is 648. The number of methoxy groups -OCH3 is 1. The third-order valence-electron chi connectivity index (χ3n) is 4.09. The van der Waals surface area contributed by atoms with Crippen LogP contribution in [0.25, 0.3) is 0 Å². The average molecular weight is 284 g/mol. The maximum atomic E-state index is 12.8. The number of rotatable bonds is 3. The molecule has 1 aromatic heterocycles. The van der Waals surface area contributed by atoms with Crippen molar-refractivity contribution in [3.05, 3.63) is 59.4 Å². The molecule has 4 nitrogen and oxygen atoms in total. The molecule has 1 amide bonds. The van der Waals surface area contributed by atoms with Crippen molar-refractivity contribution in [1.29, 1.82) is 0 Å². The monoisotopic (exact) mass is 284 g/mol. The van der Waals surface area contributed by atoms with E-state index in [2.05, 4.69) is 23.8 Å². The number of ether oxygens (including phenoxy) is 1. The summed E-state index contributed by atoms with van der Waals surface area (Å²) in [5.74, 6) is 0.0907. The van der Waals surface area contributed by atoms with E-state index >= 15 is 0 Å². The van der Waals surface area contributed by atoms with Gasteiger partial charge in [0.15, 0.2) is 0 Å². The Morgan fingerprint density at radius 2 is 2.14 bits per heavy atom. The fourth-order valence-electron chi connectivity index (χ4n) is 2.98. The largest absolute Gasteiger partial charge is 0.380 e. The smallest absolute Gasteiger partial charge is 0.254 e. The highest BCUT2D eigenvalue weighted by atomic mass is 16.5. The van der Waals surface area contributed by atoms with Crippen LogP contribution in [0.15, 0.2) is 42.6 Å². The van der Waals surface area contributed by atoms with Crippen LogP contribution in [0.3, 0.4) is 0 Å². The third kappa shape index (κ3) is 2.59. The highest BCUT2D eigenvalue weighted by Crippen LogP contribution is 2.27. The molecule has 0 spiro atoms. The molecule has 2 aromatic rings. The Kier molecular flexibility index (Phi) is 3.80. The van der Waals surface area contributed by atoms with Gasteiger partial charge in [-0.15, -0.1) is 0 Å². The first-order valence-electron chi connectivity index (χ1n) is 7.24. The molecule has 0 radical (unpaired) electrons. The van der Waals surface area contributed by atoms with E-state index < -0.39 is 0 Å². The second-order valence-corrected chi connectivity index (χ2v) is 5.43. The van der Waals surface area contributed by atoms with Gasteiger partial charge in [-0.2, -0.15) is 0 Å². The molecule has 0 saturated carbocycles. The van der Waals surface area contributed by atoms with Gasteiger partial charge in [0.1, 0.15) is 0 Å². The van der Waals surface area contributed by atoms with E-state index in [4.69, 9.17) is 4.74 Å². The molecule has 1 aliphatic heterocycles. The van der Waals surface area contributed by atoms with Crippen LogP contribution in [0.4, 0.5) is 0 Å². The molecule has 0 fully saturated rings. The van der Waals surface area contributed by atoms with E-state index in [1.807, 2.05) is 35.2 Å². The average Bonchev–Trinajstić information content (AvgIpc) is 2.97. The predicted octanol–water partition coefficient (Wildman–Crippen LogP) is 2.85. The maximum absolute atomic E-state index is 12.8. The highest BCUT2D eigenvalue weighted by molar-refractivity contribution is 5.94. The van der Waals surface area contributed by atoms with Crippen LogP contribution in [-0.2, 0) is 17.9 Å². The molecule has 21 heavy (non-hydrogen) atoms. The molecule has 1 aliphatic rings. The number of nitrogens with zero attached hydrogens (tertiary/aromatic N) is 2. The number of benzene rings is 1. The van der Waals surface area contributed by atoms with Gasteiger partial charge in [-0.05, 0) is 36.8 Å². The van der Waals surface area contributed by atoms with Gasteiger partial charge < -0.3 is 14.2 Å². The van der Waals surface area contributed by atoms with Crippen molar-refractivity contribution in [2.24, 2.45) is 0 Å². The van der Waals surface area contributed by atoms with Crippen molar-refractivity contribution in [1.82, 2.24) is 9.47 Å². The minimum Gasteiger partial charge on any atom is -0.380 e. The number of amides is 1. The maximum Gasteiger partial charge on any atom is 0.254 e. The van der Waals surface area contributed by atoms with Crippen LogP contribution in [-0.4, -0.2) is 29.0 Å². The molecule has 1 atom stereocenters. The zero-order chi connectivity index (χ0) is 14.8. The number of carbonyl (C=O) groups is 1. The Morgan fingerprint density at radius 1 is 1.29 bits per heavy atom. The van der Waals surface area contributed by atoms with Crippen molar-refractivity contribution in [3.8, 4) is 0 Å². The topological polar surface area (TPSA) is 34.5 Å². The molecule has 110 valence electrons. The summed E-state index contributed by atoms with van der Waals surface area (Å²) in [6.07, 6.45) is 2.08. The summed E-state index contributed by atoms with van der Waals surface area (Å²) in [7, 11) is 1.66. The van der Waals surface area contributed by atoms with E-state index in [1.165, 1.54) is 5.69 Å². The molecule has 1 aromatic carbocycles. The van der Waals surface area contributed by atoms with Gasteiger partial charge in [0.25, 0.3) is 5.91 Å². The van der Waals surface area contributed by atoms with Crippen molar-refractivity contribution >= 4 is 5.91 Å². The molecule has 1 unspecified atom stereocenters. The van der Waals surface area contributed by atoms with Gasteiger partial charge in [-0.3, -0.25) is 4.79 Å². The molecular weight excluding hydrogens is 264 g/mol. The second-order valence-electron chi connectivity index (χ2n) is 5.43. The second kappa shape index (κ2) is 5.74. The molecule has 0 N–H and O–H groups in total. The van der Waals surface area contributed by atoms with Gasteiger partial charge >= 0.3 is 0 Å². The molecule has 0 aliphatic carbocycles. The summed E-state index contributed by atoms with van der Waals surface area (Å²) in [5.41, 5.74) is 2.95. The quantitative estimate of drug-likeness (QED) is 0.868. The van der Waals surface area contributed by atoms with Crippen LogP contribution < -0.4 is 0 Å².